The summed E-state index contributed by atoms with van der Waals surface area (Å²) in [5.41, 5.74) is 0.648. The fraction of sp³-hybridized carbons (Fsp3) is 0.529. The molecule has 0 amide bonds. The van der Waals surface area contributed by atoms with Crippen LogP contribution in [0, 0.1) is 11.8 Å². The first-order chi connectivity index (χ1) is 12.6. The zero-order chi connectivity index (χ0) is 18.1. The van der Waals surface area contributed by atoms with Gasteiger partial charge < -0.3 is 15.2 Å². The van der Waals surface area contributed by atoms with Crippen LogP contribution in [0.2, 0.25) is 5.02 Å². The summed E-state index contributed by atoms with van der Waals surface area (Å²) in [5, 5.41) is 26.8. The number of piperidine rings is 1. The number of benzene rings is 1. The third kappa shape index (κ3) is 3.39. The summed E-state index contributed by atoms with van der Waals surface area (Å²) in [5.74, 6) is 1.20. The molecule has 1 aromatic carbocycles. The molecule has 1 aliphatic carbocycles. The van der Waals surface area contributed by atoms with Gasteiger partial charge in [0.1, 0.15) is 11.8 Å². The highest BCUT2D eigenvalue weighted by molar-refractivity contribution is 6.33. The first-order valence-electron chi connectivity index (χ1n) is 8.77. The summed E-state index contributed by atoms with van der Waals surface area (Å²) in [6.45, 7) is 0.764. The number of tetrazole rings is 1. The Morgan fingerprint density at radius 3 is 2.92 bits per heavy atom. The van der Waals surface area contributed by atoms with Crippen LogP contribution in [0.15, 0.2) is 18.2 Å². The number of carboxylic acid groups (broad SMARTS) is 1. The summed E-state index contributed by atoms with van der Waals surface area (Å²) in [4.78, 5) is 11.3. The van der Waals surface area contributed by atoms with Crippen molar-refractivity contribution in [3.05, 3.63) is 23.2 Å². The number of ether oxygens (including phenoxy) is 1. The minimum absolute atomic E-state index is 0.0249. The third-order valence-corrected chi connectivity index (χ3v) is 5.72. The Morgan fingerprint density at radius 2 is 2.15 bits per heavy atom. The lowest BCUT2D eigenvalue weighted by Crippen LogP contribution is -2.50. The summed E-state index contributed by atoms with van der Waals surface area (Å²) < 4.78 is 6.27. The molecule has 2 aromatic rings. The van der Waals surface area contributed by atoms with Crippen molar-refractivity contribution in [1.29, 1.82) is 0 Å². The number of aromatic nitrogens is 4. The molecule has 3 N–H and O–H groups in total. The lowest BCUT2D eigenvalue weighted by molar-refractivity contribution is -0.141. The third-order valence-electron chi connectivity index (χ3n) is 5.41. The standard InChI is InChI=1S/C17H20ClN5O3/c18-12-2-1-3-14(15(12)16-20-22-23-21-16)26-11-5-4-9-8-19-13(17(24)25)7-10(9)6-11/h1-3,9-11,13,19H,4-8H2,(H,24,25)(H,20,21,22,23)/t9-,10+,11-,13-/m0/s1. The van der Waals surface area contributed by atoms with Crippen molar-refractivity contribution in [3.8, 4) is 17.1 Å². The number of carboxylic acids is 1. The Hall–Kier alpha value is -2.19. The predicted molar refractivity (Wildman–Crippen MR) is 93.9 cm³/mol. The molecular weight excluding hydrogens is 358 g/mol. The number of halogens is 1. The van der Waals surface area contributed by atoms with Gasteiger partial charge in [0, 0.05) is 0 Å². The maximum absolute atomic E-state index is 11.3. The van der Waals surface area contributed by atoms with Gasteiger partial charge in [-0.3, -0.25) is 4.79 Å². The lowest BCUT2D eigenvalue weighted by atomic mass is 9.72. The van der Waals surface area contributed by atoms with Gasteiger partial charge in [-0.1, -0.05) is 17.7 Å². The molecule has 2 heterocycles. The van der Waals surface area contributed by atoms with Crippen molar-refractivity contribution in [1.82, 2.24) is 25.9 Å². The zero-order valence-corrected chi connectivity index (χ0v) is 14.8. The SMILES string of the molecule is O=C(O)[C@@H]1C[C@H]2C[C@@H](Oc3cccc(Cl)c3-c3nnn[nH]3)CC[C@H]2CN1. The molecule has 2 fully saturated rings. The molecule has 4 rings (SSSR count). The number of rotatable bonds is 4. The highest BCUT2D eigenvalue weighted by Gasteiger charge is 2.38. The molecule has 26 heavy (non-hydrogen) atoms. The zero-order valence-electron chi connectivity index (χ0n) is 14.1. The van der Waals surface area contributed by atoms with Gasteiger partial charge in [-0.25, -0.2) is 5.10 Å². The Bertz CT molecular complexity index is 785. The van der Waals surface area contributed by atoms with Crippen molar-refractivity contribution in [2.45, 2.75) is 37.8 Å². The van der Waals surface area contributed by atoms with Crippen molar-refractivity contribution in [2.24, 2.45) is 11.8 Å². The highest BCUT2D eigenvalue weighted by atomic mass is 35.5. The number of nitrogens with zero attached hydrogens (tertiary/aromatic N) is 3. The monoisotopic (exact) mass is 377 g/mol. The fourth-order valence-electron chi connectivity index (χ4n) is 4.09. The van der Waals surface area contributed by atoms with Crippen LogP contribution in [0.4, 0.5) is 0 Å². The van der Waals surface area contributed by atoms with E-state index in [2.05, 4.69) is 25.9 Å². The number of hydrogen-bond acceptors (Lipinski definition) is 6. The molecule has 0 spiro atoms. The smallest absolute Gasteiger partial charge is 0.320 e. The van der Waals surface area contributed by atoms with Gasteiger partial charge >= 0.3 is 5.97 Å². The van der Waals surface area contributed by atoms with E-state index >= 15 is 0 Å². The molecule has 2 aliphatic rings. The number of H-pyrrole nitrogens is 1. The Labute approximate surface area is 155 Å². The second kappa shape index (κ2) is 7.20. The average molecular weight is 378 g/mol. The molecule has 1 aromatic heterocycles. The van der Waals surface area contributed by atoms with E-state index in [1.165, 1.54) is 0 Å². The Balaban J connectivity index is 1.50. The van der Waals surface area contributed by atoms with E-state index in [1.807, 2.05) is 12.1 Å². The minimum atomic E-state index is -0.776. The van der Waals surface area contributed by atoms with Crippen molar-refractivity contribution in [2.75, 3.05) is 6.54 Å². The van der Waals surface area contributed by atoms with Crippen molar-refractivity contribution >= 4 is 17.6 Å². The van der Waals surface area contributed by atoms with E-state index in [1.54, 1.807) is 6.07 Å². The van der Waals surface area contributed by atoms with Gasteiger partial charge in [0.05, 0.1) is 16.7 Å². The molecule has 8 nitrogen and oxygen atoms in total. The van der Waals surface area contributed by atoms with E-state index in [0.29, 0.717) is 40.4 Å². The second-order valence-electron chi connectivity index (χ2n) is 6.97. The average Bonchev–Trinajstić information content (AvgIpc) is 3.15. The maximum atomic E-state index is 11.3. The first kappa shape index (κ1) is 17.2. The van der Waals surface area contributed by atoms with E-state index < -0.39 is 12.0 Å². The van der Waals surface area contributed by atoms with E-state index in [9.17, 15) is 9.90 Å². The van der Waals surface area contributed by atoms with Crippen LogP contribution in [0.5, 0.6) is 5.75 Å². The summed E-state index contributed by atoms with van der Waals surface area (Å²) >= 11 is 6.33. The van der Waals surface area contributed by atoms with Gasteiger partial charge in [-0.15, -0.1) is 5.10 Å². The van der Waals surface area contributed by atoms with Gasteiger partial charge in [-0.05, 0) is 66.6 Å². The van der Waals surface area contributed by atoms with Crippen LogP contribution in [0.25, 0.3) is 11.4 Å². The highest BCUT2D eigenvalue weighted by Crippen LogP contribution is 2.40. The van der Waals surface area contributed by atoms with Crippen LogP contribution in [-0.2, 0) is 4.79 Å². The van der Waals surface area contributed by atoms with E-state index in [4.69, 9.17) is 16.3 Å². The van der Waals surface area contributed by atoms with Gasteiger partial charge in [0.15, 0.2) is 5.82 Å². The van der Waals surface area contributed by atoms with Gasteiger partial charge in [0.25, 0.3) is 0 Å². The molecule has 1 aliphatic heterocycles. The number of aliphatic carboxylic acids is 1. The van der Waals surface area contributed by atoms with E-state index in [0.717, 1.165) is 25.8 Å². The topological polar surface area (TPSA) is 113 Å². The van der Waals surface area contributed by atoms with Gasteiger partial charge in [-0.2, -0.15) is 0 Å². The lowest BCUT2D eigenvalue weighted by Gasteiger charge is -2.41. The molecule has 1 saturated heterocycles. The normalized spacial score (nSPS) is 28.3. The number of aromatic amines is 1. The fourth-order valence-corrected chi connectivity index (χ4v) is 4.35. The number of fused-ring (bicyclic) bond motifs is 1. The Morgan fingerprint density at radius 1 is 1.27 bits per heavy atom. The van der Waals surface area contributed by atoms with Crippen LogP contribution in [-0.4, -0.2) is 50.4 Å². The molecule has 1 saturated carbocycles. The molecular formula is C17H20ClN5O3. The van der Waals surface area contributed by atoms with Crippen LogP contribution in [0.3, 0.4) is 0 Å². The van der Waals surface area contributed by atoms with Crippen LogP contribution >= 0.6 is 11.6 Å². The van der Waals surface area contributed by atoms with E-state index in [-0.39, 0.29) is 6.10 Å². The summed E-state index contributed by atoms with van der Waals surface area (Å²) in [6, 6.07) is 5.00. The molecule has 0 unspecified atom stereocenters. The second-order valence-corrected chi connectivity index (χ2v) is 7.38. The number of nitrogens with one attached hydrogen (secondary N) is 2. The predicted octanol–water partition coefficient (Wildman–Crippen LogP) is 2.13. The quantitative estimate of drug-likeness (QED) is 0.747. The first-order valence-corrected chi connectivity index (χ1v) is 9.15. The molecule has 138 valence electrons. The summed E-state index contributed by atoms with van der Waals surface area (Å²) in [7, 11) is 0. The number of hydrogen-bond donors (Lipinski definition) is 3. The minimum Gasteiger partial charge on any atom is -0.490 e. The molecule has 0 radical (unpaired) electrons. The van der Waals surface area contributed by atoms with Crippen LogP contribution < -0.4 is 10.1 Å². The van der Waals surface area contributed by atoms with Crippen LogP contribution in [0.1, 0.15) is 25.7 Å². The van der Waals surface area contributed by atoms with Gasteiger partial charge in [0.2, 0.25) is 0 Å². The van der Waals surface area contributed by atoms with Crippen molar-refractivity contribution < 1.29 is 14.6 Å². The molecule has 9 heteroatoms. The number of carbonyl (C=O) groups is 1. The maximum Gasteiger partial charge on any atom is 0.320 e. The summed E-state index contributed by atoms with van der Waals surface area (Å²) in [6.07, 6.45) is 3.47. The van der Waals surface area contributed by atoms with Crippen molar-refractivity contribution in [3.63, 3.8) is 0 Å². The Kier molecular flexibility index (Phi) is 4.78. The largest absolute Gasteiger partial charge is 0.490 e. The molecule has 4 atom stereocenters. The molecule has 0 bridgehead atoms.